The number of nitrogens with zero attached hydrogens (tertiary/aromatic N) is 2. The average Bonchev–Trinajstić information content (AvgIpc) is 3.13. The first-order chi connectivity index (χ1) is 13.1. The van der Waals surface area contributed by atoms with Gasteiger partial charge in [0.05, 0.1) is 5.75 Å². The minimum absolute atomic E-state index is 0.121. The summed E-state index contributed by atoms with van der Waals surface area (Å²) in [6.07, 6.45) is 0.924. The van der Waals surface area contributed by atoms with Crippen LogP contribution < -0.4 is 10.1 Å². The second kappa shape index (κ2) is 9.23. The Balaban J connectivity index is 1.46. The number of ether oxygens (including phenoxy) is 1. The minimum Gasteiger partial charge on any atom is -0.484 e. The summed E-state index contributed by atoms with van der Waals surface area (Å²) in [6.45, 7) is 4.26. The molecule has 6 nitrogen and oxygen atoms in total. The smallest absolute Gasteiger partial charge is 0.277 e. The van der Waals surface area contributed by atoms with Crippen molar-refractivity contribution in [1.29, 1.82) is 0 Å². The monoisotopic (exact) mass is 383 g/mol. The lowest BCUT2D eigenvalue weighted by Gasteiger charge is -2.05. The highest BCUT2D eigenvalue weighted by Crippen LogP contribution is 2.19. The van der Waals surface area contributed by atoms with Crippen molar-refractivity contribution < 1.29 is 13.9 Å². The highest BCUT2D eigenvalue weighted by molar-refractivity contribution is 7.99. The van der Waals surface area contributed by atoms with Crippen LogP contribution in [0.5, 0.6) is 5.75 Å². The number of carbonyl (C=O) groups is 1. The van der Waals surface area contributed by atoms with Gasteiger partial charge in [-0.15, -0.1) is 10.2 Å². The maximum atomic E-state index is 12.1. The molecule has 7 heteroatoms. The van der Waals surface area contributed by atoms with Crippen LogP contribution in [-0.4, -0.2) is 21.9 Å². The van der Waals surface area contributed by atoms with E-state index in [2.05, 4.69) is 22.4 Å². The van der Waals surface area contributed by atoms with E-state index in [1.54, 1.807) is 0 Å². The first-order valence-electron chi connectivity index (χ1n) is 8.66. The minimum atomic E-state index is -0.121. The lowest BCUT2D eigenvalue weighted by Crippen LogP contribution is -2.14. The molecular weight excluding hydrogens is 362 g/mol. The number of hydrogen-bond donors (Lipinski definition) is 1. The number of aryl methyl sites for hydroxylation is 2. The Hall–Kier alpha value is -2.80. The van der Waals surface area contributed by atoms with E-state index in [1.165, 1.54) is 17.3 Å². The molecule has 0 aliphatic heterocycles. The first-order valence-corrected chi connectivity index (χ1v) is 9.64. The molecule has 0 aliphatic rings. The summed E-state index contributed by atoms with van der Waals surface area (Å²) in [4.78, 5) is 12.1. The molecule has 3 rings (SSSR count). The van der Waals surface area contributed by atoms with Gasteiger partial charge in [-0.1, -0.05) is 43.0 Å². The summed E-state index contributed by atoms with van der Waals surface area (Å²) in [5.74, 6) is 1.19. The van der Waals surface area contributed by atoms with Gasteiger partial charge >= 0.3 is 0 Å². The molecule has 0 atom stereocenters. The van der Waals surface area contributed by atoms with Crippen LogP contribution in [0.3, 0.4) is 0 Å². The molecule has 0 saturated heterocycles. The van der Waals surface area contributed by atoms with E-state index >= 15 is 0 Å². The van der Waals surface area contributed by atoms with Gasteiger partial charge in [-0.3, -0.25) is 4.79 Å². The van der Waals surface area contributed by atoms with Crippen molar-refractivity contribution in [2.45, 2.75) is 32.1 Å². The molecule has 1 heterocycles. The van der Waals surface area contributed by atoms with E-state index in [0.717, 1.165) is 23.4 Å². The third-order valence-corrected chi connectivity index (χ3v) is 4.56. The quantitative estimate of drug-likeness (QED) is 0.586. The normalized spacial score (nSPS) is 10.6. The number of hydrogen-bond acceptors (Lipinski definition) is 6. The molecule has 1 N–H and O–H groups in total. The second-order valence-electron chi connectivity index (χ2n) is 5.96. The summed E-state index contributed by atoms with van der Waals surface area (Å²) in [5.41, 5.74) is 3.08. The predicted molar refractivity (Wildman–Crippen MR) is 105 cm³/mol. The summed E-state index contributed by atoms with van der Waals surface area (Å²) in [7, 11) is 0. The van der Waals surface area contributed by atoms with E-state index in [-0.39, 0.29) is 18.3 Å². The molecule has 0 aliphatic carbocycles. The standard InChI is InChI=1S/C20H21N3O3S/c1-3-15-7-5-8-16(11-15)21-18(24)13-27-20-23-22-19(26-20)12-25-17-9-4-6-14(2)10-17/h4-11H,3,12-13H2,1-2H3,(H,21,24). The van der Waals surface area contributed by atoms with Gasteiger partial charge in [-0.25, -0.2) is 0 Å². The molecular formula is C20H21N3O3S. The van der Waals surface area contributed by atoms with Crippen LogP contribution in [0.4, 0.5) is 5.69 Å². The molecule has 1 aromatic heterocycles. The number of aromatic nitrogens is 2. The van der Waals surface area contributed by atoms with Crippen LogP contribution in [0, 0.1) is 6.92 Å². The van der Waals surface area contributed by atoms with Gasteiger partial charge in [-0.05, 0) is 48.7 Å². The average molecular weight is 383 g/mol. The summed E-state index contributed by atoms with van der Waals surface area (Å²) in [5, 5.41) is 11.1. The first kappa shape index (κ1) is 19.0. The number of anilines is 1. The fraction of sp³-hybridized carbons (Fsp3) is 0.250. The number of carbonyl (C=O) groups excluding carboxylic acids is 1. The maximum absolute atomic E-state index is 12.1. The number of rotatable bonds is 8. The third kappa shape index (κ3) is 5.86. The van der Waals surface area contributed by atoms with Crippen molar-refractivity contribution >= 4 is 23.4 Å². The molecule has 0 bridgehead atoms. The van der Waals surface area contributed by atoms with Crippen molar-refractivity contribution in [3.63, 3.8) is 0 Å². The molecule has 3 aromatic rings. The van der Waals surface area contributed by atoms with Gasteiger partial charge in [-0.2, -0.15) is 0 Å². The van der Waals surface area contributed by atoms with Gasteiger partial charge in [0.25, 0.3) is 11.1 Å². The van der Waals surface area contributed by atoms with Crippen LogP contribution >= 0.6 is 11.8 Å². The zero-order valence-corrected chi connectivity index (χ0v) is 16.1. The van der Waals surface area contributed by atoms with Gasteiger partial charge < -0.3 is 14.5 Å². The third-order valence-electron chi connectivity index (χ3n) is 3.75. The SMILES string of the molecule is CCc1cccc(NC(=O)CSc2nnc(COc3cccc(C)c3)o2)c1. The van der Waals surface area contributed by atoms with Crippen molar-refractivity contribution in [3.8, 4) is 5.75 Å². The van der Waals surface area contributed by atoms with E-state index in [4.69, 9.17) is 9.15 Å². The summed E-state index contributed by atoms with van der Waals surface area (Å²) < 4.78 is 11.1. The van der Waals surface area contributed by atoms with E-state index in [9.17, 15) is 4.79 Å². The molecule has 0 radical (unpaired) electrons. The number of benzene rings is 2. The highest BCUT2D eigenvalue weighted by Gasteiger charge is 2.11. The summed E-state index contributed by atoms with van der Waals surface area (Å²) >= 11 is 1.19. The zero-order chi connectivity index (χ0) is 19.1. The molecule has 0 unspecified atom stereocenters. The second-order valence-corrected chi connectivity index (χ2v) is 6.88. The number of amides is 1. The number of nitrogens with one attached hydrogen (secondary N) is 1. The lowest BCUT2D eigenvalue weighted by molar-refractivity contribution is -0.113. The van der Waals surface area contributed by atoms with Crippen LogP contribution in [0.15, 0.2) is 58.2 Å². The van der Waals surface area contributed by atoms with Crippen LogP contribution in [-0.2, 0) is 17.8 Å². The molecule has 0 spiro atoms. The van der Waals surface area contributed by atoms with Crippen molar-refractivity contribution in [1.82, 2.24) is 10.2 Å². The fourth-order valence-corrected chi connectivity index (χ4v) is 2.98. The number of thioether (sulfide) groups is 1. The van der Waals surface area contributed by atoms with Gasteiger partial charge in [0.1, 0.15) is 5.75 Å². The Morgan fingerprint density at radius 1 is 1.19 bits per heavy atom. The Morgan fingerprint density at radius 2 is 2.04 bits per heavy atom. The largest absolute Gasteiger partial charge is 0.484 e. The zero-order valence-electron chi connectivity index (χ0n) is 15.3. The van der Waals surface area contributed by atoms with Crippen molar-refractivity contribution in [3.05, 3.63) is 65.5 Å². The molecule has 2 aromatic carbocycles. The van der Waals surface area contributed by atoms with E-state index in [0.29, 0.717) is 11.1 Å². The van der Waals surface area contributed by atoms with E-state index in [1.807, 2.05) is 55.5 Å². The van der Waals surface area contributed by atoms with Gasteiger partial charge in [0.2, 0.25) is 5.91 Å². The Labute approximate surface area is 162 Å². The Bertz CT molecular complexity index is 911. The van der Waals surface area contributed by atoms with Crippen molar-refractivity contribution in [2.24, 2.45) is 0 Å². The predicted octanol–water partition coefficient (Wildman–Crippen LogP) is 4.25. The van der Waals surface area contributed by atoms with Crippen LogP contribution in [0.25, 0.3) is 0 Å². The molecule has 0 saturated carbocycles. The molecule has 0 fully saturated rings. The highest BCUT2D eigenvalue weighted by atomic mass is 32.2. The molecule has 27 heavy (non-hydrogen) atoms. The Morgan fingerprint density at radius 3 is 2.85 bits per heavy atom. The van der Waals surface area contributed by atoms with Crippen LogP contribution in [0.2, 0.25) is 0 Å². The van der Waals surface area contributed by atoms with Crippen LogP contribution in [0.1, 0.15) is 23.9 Å². The molecule has 140 valence electrons. The maximum Gasteiger partial charge on any atom is 0.277 e. The molecule has 1 amide bonds. The van der Waals surface area contributed by atoms with E-state index < -0.39 is 0 Å². The topological polar surface area (TPSA) is 77.2 Å². The fourth-order valence-electron chi connectivity index (χ4n) is 2.40. The Kier molecular flexibility index (Phi) is 6.49. The lowest BCUT2D eigenvalue weighted by atomic mass is 10.1. The summed E-state index contributed by atoms with van der Waals surface area (Å²) in [6, 6.07) is 15.5. The van der Waals surface area contributed by atoms with Gasteiger partial charge in [0.15, 0.2) is 6.61 Å². The van der Waals surface area contributed by atoms with Gasteiger partial charge in [0, 0.05) is 5.69 Å². The van der Waals surface area contributed by atoms with Crippen molar-refractivity contribution in [2.75, 3.05) is 11.1 Å².